The summed E-state index contributed by atoms with van der Waals surface area (Å²) in [6.07, 6.45) is 3.17. The van der Waals surface area contributed by atoms with Gasteiger partial charge in [0, 0.05) is 29.6 Å². The first-order chi connectivity index (χ1) is 10.9. The van der Waals surface area contributed by atoms with Crippen molar-refractivity contribution < 1.29 is 9.90 Å². The smallest absolute Gasteiger partial charge is 0.323 e. The summed E-state index contributed by atoms with van der Waals surface area (Å²) in [7, 11) is 0. The van der Waals surface area contributed by atoms with Gasteiger partial charge in [-0.1, -0.05) is 6.08 Å². The van der Waals surface area contributed by atoms with Gasteiger partial charge in [-0.15, -0.1) is 6.58 Å². The molecule has 2 rings (SSSR count). The second-order valence-corrected chi connectivity index (χ2v) is 5.09. The summed E-state index contributed by atoms with van der Waals surface area (Å²) in [4.78, 5) is 35.6. The molecule has 0 aliphatic carbocycles. The number of H-pyrrole nitrogens is 1. The maximum Gasteiger partial charge on any atom is 0.323 e. The first kappa shape index (κ1) is 16.4. The predicted octanol–water partition coefficient (Wildman–Crippen LogP) is 1.53. The Kier molecular flexibility index (Phi) is 4.90. The number of aromatic amines is 1. The van der Waals surface area contributed by atoms with Crippen LogP contribution >= 0.6 is 0 Å². The van der Waals surface area contributed by atoms with Gasteiger partial charge >= 0.3 is 5.97 Å². The van der Waals surface area contributed by atoms with Gasteiger partial charge in [-0.25, -0.2) is 9.97 Å². The monoisotopic (exact) mass is 314 g/mol. The van der Waals surface area contributed by atoms with Crippen molar-refractivity contribution in [3.05, 3.63) is 52.6 Å². The zero-order valence-electron chi connectivity index (χ0n) is 13.0. The zero-order chi connectivity index (χ0) is 17.0. The average Bonchev–Trinajstić information content (AvgIpc) is 2.51. The van der Waals surface area contributed by atoms with Crippen molar-refractivity contribution >= 4 is 11.8 Å². The van der Waals surface area contributed by atoms with E-state index in [0.29, 0.717) is 35.0 Å². The quantitative estimate of drug-likeness (QED) is 0.784. The Morgan fingerprint density at radius 1 is 1.43 bits per heavy atom. The van der Waals surface area contributed by atoms with E-state index in [1.54, 1.807) is 43.2 Å². The van der Waals surface area contributed by atoms with Crippen molar-refractivity contribution in [2.24, 2.45) is 0 Å². The number of carbonyl (C=O) groups is 1. The van der Waals surface area contributed by atoms with E-state index in [4.69, 9.17) is 5.11 Å². The molecule has 2 N–H and O–H groups in total. The van der Waals surface area contributed by atoms with Crippen LogP contribution in [0.15, 0.2) is 35.8 Å². The molecule has 7 heteroatoms. The molecule has 2 aromatic rings. The van der Waals surface area contributed by atoms with Gasteiger partial charge in [0.15, 0.2) is 0 Å². The summed E-state index contributed by atoms with van der Waals surface area (Å²) in [6, 6.07) is 3.43. The molecule has 0 saturated heterocycles. The SMILES string of the molecule is C=CCN(CC(=O)O)c1ccc(-c2nc(C)c(C)c(=O)[nH]2)cn1. The minimum Gasteiger partial charge on any atom is -0.480 e. The molecule has 0 amide bonds. The Balaban J connectivity index is 2.33. The van der Waals surface area contributed by atoms with Crippen molar-refractivity contribution in [3.8, 4) is 11.4 Å². The van der Waals surface area contributed by atoms with Gasteiger partial charge < -0.3 is 15.0 Å². The van der Waals surface area contributed by atoms with Gasteiger partial charge in [0.2, 0.25) is 0 Å². The molecule has 23 heavy (non-hydrogen) atoms. The topological polar surface area (TPSA) is 99.2 Å². The number of pyridine rings is 1. The lowest BCUT2D eigenvalue weighted by molar-refractivity contribution is -0.135. The summed E-state index contributed by atoms with van der Waals surface area (Å²) in [5.41, 5.74) is 1.71. The number of nitrogens with zero attached hydrogens (tertiary/aromatic N) is 3. The summed E-state index contributed by atoms with van der Waals surface area (Å²) < 4.78 is 0. The largest absolute Gasteiger partial charge is 0.480 e. The first-order valence-electron chi connectivity index (χ1n) is 7.04. The van der Waals surface area contributed by atoms with Crippen LogP contribution in [0.5, 0.6) is 0 Å². The third kappa shape index (κ3) is 3.82. The van der Waals surface area contributed by atoms with Gasteiger partial charge in [-0.05, 0) is 26.0 Å². The first-order valence-corrected chi connectivity index (χ1v) is 7.04. The molecule has 120 valence electrons. The van der Waals surface area contributed by atoms with Gasteiger partial charge in [0.1, 0.15) is 18.2 Å². The molecule has 2 heterocycles. The molecule has 0 bridgehead atoms. The summed E-state index contributed by atoms with van der Waals surface area (Å²) in [5, 5.41) is 8.94. The van der Waals surface area contributed by atoms with Crippen molar-refractivity contribution in [1.82, 2.24) is 15.0 Å². The number of hydrogen-bond donors (Lipinski definition) is 2. The molecule has 0 fully saturated rings. The highest BCUT2D eigenvalue weighted by Gasteiger charge is 2.12. The number of nitrogens with one attached hydrogen (secondary N) is 1. The highest BCUT2D eigenvalue weighted by Crippen LogP contribution is 2.17. The van der Waals surface area contributed by atoms with E-state index in [1.165, 1.54) is 0 Å². The average molecular weight is 314 g/mol. The molecular formula is C16H18N4O3. The number of aryl methyl sites for hydroxylation is 1. The van der Waals surface area contributed by atoms with Gasteiger partial charge in [0.05, 0.1) is 0 Å². The molecule has 0 spiro atoms. The van der Waals surface area contributed by atoms with E-state index in [0.717, 1.165) is 0 Å². The molecule has 0 aliphatic heterocycles. The summed E-state index contributed by atoms with van der Waals surface area (Å²) >= 11 is 0. The van der Waals surface area contributed by atoms with E-state index in [9.17, 15) is 9.59 Å². The maximum absolute atomic E-state index is 11.8. The Hall–Kier alpha value is -2.96. The summed E-state index contributed by atoms with van der Waals surface area (Å²) in [6.45, 7) is 7.30. The van der Waals surface area contributed by atoms with Crippen LogP contribution in [-0.4, -0.2) is 39.1 Å². The molecule has 7 nitrogen and oxygen atoms in total. The molecule has 0 saturated carbocycles. The van der Waals surface area contributed by atoms with E-state index in [1.807, 2.05) is 0 Å². The van der Waals surface area contributed by atoms with E-state index < -0.39 is 5.97 Å². The normalized spacial score (nSPS) is 10.3. The highest BCUT2D eigenvalue weighted by molar-refractivity contribution is 5.73. The minimum absolute atomic E-state index is 0.170. The van der Waals surface area contributed by atoms with Crippen molar-refractivity contribution in [2.75, 3.05) is 18.0 Å². The van der Waals surface area contributed by atoms with Crippen LogP contribution in [0.25, 0.3) is 11.4 Å². The van der Waals surface area contributed by atoms with Crippen LogP contribution < -0.4 is 10.5 Å². The van der Waals surface area contributed by atoms with Gasteiger partial charge in [-0.3, -0.25) is 9.59 Å². The van der Waals surface area contributed by atoms with Crippen LogP contribution in [-0.2, 0) is 4.79 Å². The Bertz CT molecular complexity index is 781. The van der Waals surface area contributed by atoms with Crippen LogP contribution in [0.1, 0.15) is 11.3 Å². The van der Waals surface area contributed by atoms with Crippen LogP contribution in [0.2, 0.25) is 0 Å². The van der Waals surface area contributed by atoms with E-state index in [2.05, 4.69) is 21.5 Å². The lowest BCUT2D eigenvalue weighted by Crippen LogP contribution is -2.30. The minimum atomic E-state index is -0.946. The second-order valence-electron chi connectivity index (χ2n) is 5.09. The fourth-order valence-electron chi connectivity index (χ4n) is 2.05. The third-order valence-corrected chi connectivity index (χ3v) is 3.42. The molecule has 0 unspecified atom stereocenters. The molecule has 2 aromatic heterocycles. The molecule has 0 aromatic carbocycles. The fourth-order valence-corrected chi connectivity index (χ4v) is 2.05. The van der Waals surface area contributed by atoms with Gasteiger partial charge in [-0.2, -0.15) is 0 Å². The molecule has 0 atom stereocenters. The lowest BCUT2D eigenvalue weighted by atomic mass is 10.2. The van der Waals surface area contributed by atoms with E-state index >= 15 is 0 Å². The number of carboxylic acid groups (broad SMARTS) is 1. The highest BCUT2D eigenvalue weighted by atomic mass is 16.4. The predicted molar refractivity (Wildman–Crippen MR) is 87.6 cm³/mol. The van der Waals surface area contributed by atoms with Crippen LogP contribution in [0, 0.1) is 13.8 Å². The number of carboxylic acids is 1. The Morgan fingerprint density at radius 3 is 2.70 bits per heavy atom. The number of hydrogen-bond acceptors (Lipinski definition) is 5. The van der Waals surface area contributed by atoms with Gasteiger partial charge in [0.25, 0.3) is 5.56 Å². The van der Waals surface area contributed by atoms with Crippen molar-refractivity contribution in [3.63, 3.8) is 0 Å². The lowest BCUT2D eigenvalue weighted by Gasteiger charge is -2.19. The maximum atomic E-state index is 11.8. The number of rotatable bonds is 6. The third-order valence-electron chi connectivity index (χ3n) is 3.42. The van der Waals surface area contributed by atoms with Crippen LogP contribution in [0.3, 0.4) is 0 Å². The van der Waals surface area contributed by atoms with Crippen molar-refractivity contribution in [2.45, 2.75) is 13.8 Å². The standard InChI is InChI=1S/C16H18N4O3/c1-4-7-20(9-14(21)22)13-6-5-12(8-17-13)15-18-11(3)10(2)16(23)19-15/h4-6,8H,1,7,9H2,2-3H3,(H,21,22)(H,18,19,23). The molecule has 0 aliphatic rings. The molecular weight excluding hydrogens is 296 g/mol. The van der Waals surface area contributed by atoms with Crippen molar-refractivity contribution in [1.29, 1.82) is 0 Å². The Labute approximate surface area is 133 Å². The summed E-state index contributed by atoms with van der Waals surface area (Å²) in [5.74, 6) is 0.00534. The number of aliphatic carboxylic acids is 1. The van der Waals surface area contributed by atoms with E-state index in [-0.39, 0.29) is 12.1 Å². The fraction of sp³-hybridized carbons (Fsp3) is 0.250. The number of anilines is 1. The molecule has 0 radical (unpaired) electrons. The number of aromatic nitrogens is 3. The Morgan fingerprint density at radius 2 is 2.17 bits per heavy atom. The second kappa shape index (κ2) is 6.87. The van der Waals surface area contributed by atoms with Crippen LogP contribution in [0.4, 0.5) is 5.82 Å². The zero-order valence-corrected chi connectivity index (χ0v) is 13.0.